The third-order valence-corrected chi connectivity index (χ3v) is 5.52. The number of hydrogen-bond donors (Lipinski definition) is 1. The van der Waals surface area contributed by atoms with Crippen LogP contribution in [0.2, 0.25) is 5.02 Å². The highest BCUT2D eigenvalue weighted by atomic mass is 35.5. The van der Waals surface area contributed by atoms with Gasteiger partial charge in [-0.25, -0.2) is 0 Å². The smallest absolute Gasteiger partial charge is 0.0406 e. The molecule has 0 unspecified atom stereocenters. The van der Waals surface area contributed by atoms with Gasteiger partial charge in [-0.3, -0.25) is 0 Å². The molecule has 0 aliphatic heterocycles. The van der Waals surface area contributed by atoms with Crippen molar-refractivity contribution in [3.63, 3.8) is 0 Å². The van der Waals surface area contributed by atoms with E-state index < -0.39 is 0 Å². The van der Waals surface area contributed by atoms with Crippen LogP contribution in [0.1, 0.15) is 23.4 Å². The molecule has 3 rings (SSSR count). The third-order valence-electron chi connectivity index (χ3n) is 3.41. The SMILES string of the molecule is C[C@@H](NCc1cc(-c2cccs2)cs1)c1ccc(Cl)cc1. The lowest BCUT2D eigenvalue weighted by Gasteiger charge is -2.13. The summed E-state index contributed by atoms with van der Waals surface area (Å²) in [6.07, 6.45) is 0. The summed E-state index contributed by atoms with van der Waals surface area (Å²) < 4.78 is 0. The maximum absolute atomic E-state index is 5.92. The van der Waals surface area contributed by atoms with Gasteiger partial charge in [-0.15, -0.1) is 22.7 Å². The van der Waals surface area contributed by atoms with E-state index in [1.54, 1.807) is 11.3 Å². The molecule has 0 aliphatic carbocycles. The van der Waals surface area contributed by atoms with Crippen LogP contribution in [0.3, 0.4) is 0 Å². The molecule has 4 heteroatoms. The molecular formula is C17H16ClNS2. The van der Waals surface area contributed by atoms with Crippen LogP contribution in [-0.2, 0) is 6.54 Å². The molecule has 1 N–H and O–H groups in total. The lowest BCUT2D eigenvalue weighted by atomic mass is 10.1. The Hall–Kier alpha value is -1.13. The fourth-order valence-corrected chi connectivity index (χ4v) is 3.92. The molecule has 1 atom stereocenters. The highest BCUT2D eigenvalue weighted by molar-refractivity contribution is 7.14. The predicted molar refractivity (Wildman–Crippen MR) is 94.3 cm³/mol. The van der Waals surface area contributed by atoms with Crippen molar-refractivity contribution in [2.75, 3.05) is 0 Å². The Labute approximate surface area is 138 Å². The zero-order valence-corrected chi connectivity index (χ0v) is 14.1. The van der Waals surface area contributed by atoms with E-state index in [0.717, 1.165) is 11.6 Å². The maximum atomic E-state index is 5.92. The molecule has 0 aliphatic rings. The average Bonchev–Trinajstić information content (AvgIpc) is 3.16. The second kappa shape index (κ2) is 6.75. The van der Waals surface area contributed by atoms with E-state index in [1.807, 2.05) is 23.5 Å². The molecule has 0 saturated heterocycles. The molecule has 21 heavy (non-hydrogen) atoms. The molecule has 2 aromatic heterocycles. The van der Waals surface area contributed by atoms with Gasteiger partial charge in [-0.05, 0) is 47.5 Å². The molecule has 1 aromatic carbocycles. The summed E-state index contributed by atoms with van der Waals surface area (Å²) in [7, 11) is 0. The number of rotatable bonds is 5. The standard InChI is InChI=1S/C17H16ClNS2/c1-12(13-4-6-15(18)7-5-13)19-10-16-9-14(11-21-16)17-3-2-8-20-17/h2-9,11-12,19H,10H2,1H3/t12-/m1/s1. The molecule has 0 amide bonds. The number of benzene rings is 1. The summed E-state index contributed by atoms with van der Waals surface area (Å²) >= 11 is 9.52. The first-order valence-corrected chi connectivity index (χ1v) is 8.96. The van der Waals surface area contributed by atoms with Crippen molar-refractivity contribution < 1.29 is 0 Å². The van der Waals surface area contributed by atoms with Crippen molar-refractivity contribution in [1.29, 1.82) is 0 Å². The third kappa shape index (κ3) is 3.74. The minimum absolute atomic E-state index is 0.314. The highest BCUT2D eigenvalue weighted by Gasteiger charge is 2.07. The molecule has 2 heterocycles. The van der Waals surface area contributed by atoms with Gasteiger partial charge in [0.05, 0.1) is 0 Å². The van der Waals surface area contributed by atoms with E-state index in [0.29, 0.717) is 6.04 Å². The molecule has 1 nitrogen and oxygen atoms in total. The minimum Gasteiger partial charge on any atom is -0.305 e. The Balaban J connectivity index is 1.61. The Morgan fingerprint density at radius 2 is 1.95 bits per heavy atom. The zero-order chi connectivity index (χ0) is 14.7. The topological polar surface area (TPSA) is 12.0 Å². The normalized spacial score (nSPS) is 12.5. The van der Waals surface area contributed by atoms with Gasteiger partial charge in [0.1, 0.15) is 0 Å². The van der Waals surface area contributed by atoms with Crippen LogP contribution in [-0.4, -0.2) is 0 Å². The lowest BCUT2D eigenvalue weighted by molar-refractivity contribution is 0.579. The number of nitrogens with one attached hydrogen (secondary N) is 1. The second-order valence-corrected chi connectivity index (χ2v) is 7.31. The Morgan fingerprint density at radius 3 is 2.67 bits per heavy atom. The summed E-state index contributed by atoms with van der Waals surface area (Å²) in [6.45, 7) is 3.07. The van der Waals surface area contributed by atoms with Gasteiger partial charge in [0.25, 0.3) is 0 Å². The van der Waals surface area contributed by atoms with Crippen LogP contribution in [0.15, 0.2) is 53.2 Å². The van der Waals surface area contributed by atoms with Crippen molar-refractivity contribution in [2.45, 2.75) is 19.5 Å². The van der Waals surface area contributed by atoms with Gasteiger partial charge >= 0.3 is 0 Å². The summed E-state index contributed by atoms with van der Waals surface area (Å²) in [6, 6.07) is 14.9. The molecule has 0 bridgehead atoms. The quantitative estimate of drug-likeness (QED) is 0.605. The van der Waals surface area contributed by atoms with Crippen LogP contribution < -0.4 is 5.32 Å². The summed E-state index contributed by atoms with van der Waals surface area (Å²) in [5, 5.41) is 8.70. The van der Waals surface area contributed by atoms with Gasteiger partial charge in [0.15, 0.2) is 0 Å². The predicted octanol–water partition coefficient (Wildman–Crippen LogP) is 5.98. The fraction of sp³-hybridized carbons (Fsp3) is 0.176. The number of hydrogen-bond acceptors (Lipinski definition) is 3. The average molecular weight is 334 g/mol. The summed E-state index contributed by atoms with van der Waals surface area (Å²) in [4.78, 5) is 2.70. The monoisotopic (exact) mass is 333 g/mol. The second-order valence-electron chi connectivity index (χ2n) is 4.93. The maximum Gasteiger partial charge on any atom is 0.0406 e. The Bertz CT molecular complexity index is 686. The van der Waals surface area contributed by atoms with E-state index in [4.69, 9.17) is 11.6 Å². The van der Waals surface area contributed by atoms with Gasteiger partial charge in [-0.2, -0.15) is 0 Å². The van der Waals surface area contributed by atoms with E-state index in [-0.39, 0.29) is 0 Å². The van der Waals surface area contributed by atoms with Crippen molar-refractivity contribution in [3.8, 4) is 10.4 Å². The first-order valence-electron chi connectivity index (χ1n) is 6.82. The summed E-state index contributed by atoms with van der Waals surface area (Å²) in [5.74, 6) is 0. The molecule has 3 aromatic rings. The molecule has 0 fully saturated rings. The van der Waals surface area contributed by atoms with Crippen molar-refractivity contribution in [2.24, 2.45) is 0 Å². The van der Waals surface area contributed by atoms with Crippen molar-refractivity contribution in [1.82, 2.24) is 5.32 Å². The van der Waals surface area contributed by atoms with Crippen LogP contribution in [0.5, 0.6) is 0 Å². The number of halogens is 1. The Kier molecular flexibility index (Phi) is 4.76. The van der Waals surface area contributed by atoms with Crippen LogP contribution in [0.4, 0.5) is 0 Å². The van der Waals surface area contributed by atoms with Crippen molar-refractivity contribution >= 4 is 34.3 Å². The largest absolute Gasteiger partial charge is 0.305 e. The minimum atomic E-state index is 0.314. The van der Waals surface area contributed by atoms with Gasteiger partial charge in [-0.1, -0.05) is 29.8 Å². The molecule has 0 saturated carbocycles. The zero-order valence-electron chi connectivity index (χ0n) is 11.7. The van der Waals surface area contributed by atoms with Crippen LogP contribution >= 0.6 is 34.3 Å². The fourth-order valence-electron chi connectivity index (χ4n) is 2.17. The number of thiophene rings is 2. The van der Waals surface area contributed by atoms with E-state index in [1.165, 1.54) is 20.9 Å². The first-order chi connectivity index (χ1) is 10.2. The van der Waals surface area contributed by atoms with Gasteiger partial charge in [0.2, 0.25) is 0 Å². The van der Waals surface area contributed by atoms with Gasteiger partial charge < -0.3 is 5.32 Å². The van der Waals surface area contributed by atoms with Crippen LogP contribution in [0, 0.1) is 0 Å². The summed E-state index contributed by atoms with van der Waals surface area (Å²) in [5.41, 5.74) is 2.58. The molecular weight excluding hydrogens is 318 g/mol. The lowest BCUT2D eigenvalue weighted by Crippen LogP contribution is -2.17. The first kappa shape index (κ1) is 14.8. The molecule has 0 spiro atoms. The van der Waals surface area contributed by atoms with E-state index in [2.05, 4.69) is 53.3 Å². The van der Waals surface area contributed by atoms with Crippen molar-refractivity contribution in [3.05, 3.63) is 68.7 Å². The highest BCUT2D eigenvalue weighted by Crippen LogP contribution is 2.29. The molecule has 108 valence electrons. The van der Waals surface area contributed by atoms with E-state index >= 15 is 0 Å². The van der Waals surface area contributed by atoms with E-state index in [9.17, 15) is 0 Å². The Morgan fingerprint density at radius 1 is 1.14 bits per heavy atom. The van der Waals surface area contributed by atoms with Gasteiger partial charge in [0, 0.05) is 32.9 Å². The van der Waals surface area contributed by atoms with Crippen LogP contribution in [0.25, 0.3) is 10.4 Å². The molecule has 0 radical (unpaired) electrons.